The normalized spacial score (nSPS) is 18.9. The molecule has 1 aromatic rings. The van der Waals surface area contributed by atoms with Crippen LogP contribution in [0, 0.1) is 0 Å². The molecule has 1 aromatic heterocycles. The maximum absolute atomic E-state index is 12.3. The van der Waals surface area contributed by atoms with Crippen LogP contribution in [-0.2, 0) is 4.74 Å². The molecule has 2 heterocycles. The van der Waals surface area contributed by atoms with E-state index in [1.54, 1.807) is 30.3 Å². The van der Waals surface area contributed by atoms with E-state index in [2.05, 4.69) is 4.98 Å². The van der Waals surface area contributed by atoms with Crippen LogP contribution in [0.4, 0.5) is 0 Å². The van der Waals surface area contributed by atoms with Gasteiger partial charge >= 0.3 is 0 Å². The third-order valence-electron chi connectivity index (χ3n) is 3.29. The quantitative estimate of drug-likeness (QED) is 0.831. The predicted octanol–water partition coefficient (Wildman–Crippen LogP) is 1.73. The van der Waals surface area contributed by atoms with Crippen LogP contribution >= 0.6 is 0 Å². The molecule has 0 aliphatic carbocycles. The Bertz CT molecular complexity index is 430. The lowest BCUT2D eigenvalue weighted by atomic mass is 10.1. The fourth-order valence-electron chi connectivity index (χ4n) is 2.26. The smallest absolute Gasteiger partial charge is 0.259 e. The van der Waals surface area contributed by atoms with Gasteiger partial charge in [-0.3, -0.25) is 4.79 Å². The van der Waals surface area contributed by atoms with Gasteiger partial charge in [0.15, 0.2) is 0 Å². The molecule has 1 aliphatic rings. The third-order valence-corrected chi connectivity index (χ3v) is 3.29. The minimum atomic E-state index is -0.0841. The van der Waals surface area contributed by atoms with Gasteiger partial charge in [-0.2, -0.15) is 0 Å². The van der Waals surface area contributed by atoms with E-state index in [1.165, 1.54) is 13.5 Å². The molecule has 5 heteroatoms. The molecule has 0 unspecified atom stereocenters. The first-order valence-electron chi connectivity index (χ1n) is 6.58. The Labute approximate surface area is 113 Å². The largest absolute Gasteiger partial charge is 0.480 e. The van der Waals surface area contributed by atoms with E-state index in [0.717, 1.165) is 19.4 Å². The number of aromatic nitrogens is 1. The van der Waals surface area contributed by atoms with Crippen molar-refractivity contribution in [2.24, 2.45) is 0 Å². The van der Waals surface area contributed by atoms with Gasteiger partial charge in [0.25, 0.3) is 5.91 Å². The van der Waals surface area contributed by atoms with Gasteiger partial charge < -0.3 is 14.4 Å². The maximum Gasteiger partial charge on any atom is 0.259 e. The molecule has 0 bridgehead atoms. The molecule has 1 atom stereocenters. The molecule has 0 aromatic carbocycles. The first-order valence-corrected chi connectivity index (χ1v) is 6.58. The molecule has 104 valence electrons. The molecule has 19 heavy (non-hydrogen) atoms. The molecular weight excluding hydrogens is 244 g/mol. The van der Waals surface area contributed by atoms with Crippen molar-refractivity contribution in [3.8, 4) is 5.88 Å². The van der Waals surface area contributed by atoms with E-state index in [0.29, 0.717) is 18.0 Å². The summed E-state index contributed by atoms with van der Waals surface area (Å²) in [6.45, 7) is 1.40. The first kappa shape index (κ1) is 13.8. The minimum absolute atomic E-state index is 0.0841. The molecule has 1 fully saturated rings. The Morgan fingerprint density at radius 1 is 1.58 bits per heavy atom. The molecule has 2 rings (SSSR count). The van der Waals surface area contributed by atoms with Gasteiger partial charge in [-0.05, 0) is 31.4 Å². The second-order valence-corrected chi connectivity index (χ2v) is 4.73. The van der Waals surface area contributed by atoms with Gasteiger partial charge in [0.05, 0.1) is 13.2 Å². The van der Waals surface area contributed by atoms with E-state index in [4.69, 9.17) is 9.47 Å². The fraction of sp³-hybridized carbons (Fsp3) is 0.571. The van der Waals surface area contributed by atoms with E-state index in [1.807, 2.05) is 0 Å². The van der Waals surface area contributed by atoms with Gasteiger partial charge in [0, 0.05) is 26.4 Å². The van der Waals surface area contributed by atoms with Gasteiger partial charge in [0.1, 0.15) is 5.56 Å². The van der Waals surface area contributed by atoms with Crippen LogP contribution in [0.3, 0.4) is 0 Å². The van der Waals surface area contributed by atoms with Crippen molar-refractivity contribution in [2.75, 3.05) is 27.3 Å². The topological polar surface area (TPSA) is 51.7 Å². The number of amides is 1. The molecule has 1 amide bonds. The zero-order valence-corrected chi connectivity index (χ0v) is 11.5. The highest BCUT2D eigenvalue weighted by atomic mass is 16.5. The lowest BCUT2D eigenvalue weighted by molar-refractivity contribution is -0.000253. The number of carbonyl (C=O) groups excluding carboxylic acids is 1. The van der Waals surface area contributed by atoms with Gasteiger partial charge in [-0.15, -0.1) is 0 Å². The molecule has 1 saturated heterocycles. The Kier molecular flexibility index (Phi) is 4.74. The number of hydrogen-bond acceptors (Lipinski definition) is 4. The Morgan fingerprint density at radius 2 is 2.42 bits per heavy atom. The van der Waals surface area contributed by atoms with Crippen molar-refractivity contribution in [3.63, 3.8) is 0 Å². The van der Waals surface area contributed by atoms with E-state index >= 15 is 0 Å². The summed E-state index contributed by atoms with van der Waals surface area (Å²) >= 11 is 0. The minimum Gasteiger partial charge on any atom is -0.480 e. The summed E-state index contributed by atoms with van der Waals surface area (Å²) in [7, 11) is 3.30. The van der Waals surface area contributed by atoms with E-state index in [9.17, 15) is 4.79 Å². The van der Waals surface area contributed by atoms with Crippen molar-refractivity contribution in [1.29, 1.82) is 0 Å². The summed E-state index contributed by atoms with van der Waals surface area (Å²) < 4.78 is 10.8. The molecule has 0 spiro atoms. The zero-order valence-electron chi connectivity index (χ0n) is 11.5. The van der Waals surface area contributed by atoms with E-state index in [-0.39, 0.29) is 12.0 Å². The Hall–Kier alpha value is -1.62. The number of likely N-dealkylation sites (N-methyl/N-ethyl adjacent to an activating group) is 1. The van der Waals surface area contributed by atoms with E-state index < -0.39 is 0 Å². The second kappa shape index (κ2) is 6.52. The predicted molar refractivity (Wildman–Crippen MR) is 71.3 cm³/mol. The Morgan fingerprint density at radius 3 is 3.11 bits per heavy atom. The van der Waals surface area contributed by atoms with Crippen LogP contribution in [0.25, 0.3) is 0 Å². The maximum atomic E-state index is 12.3. The highest BCUT2D eigenvalue weighted by Crippen LogP contribution is 2.18. The number of ether oxygens (including phenoxy) is 2. The number of pyridine rings is 1. The summed E-state index contributed by atoms with van der Waals surface area (Å²) in [6.07, 6.45) is 5.06. The molecule has 5 nitrogen and oxygen atoms in total. The zero-order chi connectivity index (χ0) is 13.7. The lowest BCUT2D eigenvalue weighted by Crippen LogP contribution is -2.37. The standard InChI is InChI=1S/C14H20N2O3/c1-16(10-11-6-3-4-9-19-11)14(17)12-7-5-8-15-13(12)18-2/h5,7-8,11H,3-4,6,9-10H2,1-2H3/t11-/m0/s1. The van der Waals surface area contributed by atoms with Crippen LogP contribution in [0.5, 0.6) is 5.88 Å². The molecule has 0 saturated carbocycles. The van der Waals surface area contributed by atoms with Crippen molar-refractivity contribution in [2.45, 2.75) is 25.4 Å². The molecule has 0 radical (unpaired) electrons. The van der Waals surface area contributed by atoms with Gasteiger partial charge in [-0.1, -0.05) is 0 Å². The summed E-state index contributed by atoms with van der Waals surface area (Å²) in [5.41, 5.74) is 0.489. The third kappa shape index (κ3) is 3.44. The number of carbonyl (C=O) groups is 1. The Balaban J connectivity index is 2.01. The molecule has 1 aliphatic heterocycles. The van der Waals surface area contributed by atoms with Crippen LogP contribution in [-0.4, -0.2) is 49.2 Å². The monoisotopic (exact) mass is 264 g/mol. The van der Waals surface area contributed by atoms with Crippen LogP contribution in [0.15, 0.2) is 18.3 Å². The number of nitrogens with zero attached hydrogens (tertiary/aromatic N) is 2. The number of methoxy groups -OCH3 is 1. The number of hydrogen-bond donors (Lipinski definition) is 0. The highest BCUT2D eigenvalue weighted by molar-refractivity contribution is 5.96. The van der Waals surface area contributed by atoms with Crippen molar-refractivity contribution in [3.05, 3.63) is 23.9 Å². The molecular formula is C14H20N2O3. The lowest BCUT2D eigenvalue weighted by Gasteiger charge is -2.27. The average molecular weight is 264 g/mol. The second-order valence-electron chi connectivity index (χ2n) is 4.73. The first-order chi connectivity index (χ1) is 9.22. The summed E-state index contributed by atoms with van der Waals surface area (Å²) in [6, 6.07) is 3.47. The van der Waals surface area contributed by atoms with Crippen molar-refractivity contribution in [1.82, 2.24) is 9.88 Å². The molecule has 0 N–H and O–H groups in total. The fourth-order valence-corrected chi connectivity index (χ4v) is 2.26. The summed E-state index contributed by atoms with van der Waals surface area (Å²) in [4.78, 5) is 18.1. The van der Waals surface area contributed by atoms with Crippen LogP contribution < -0.4 is 4.74 Å². The highest BCUT2D eigenvalue weighted by Gasteiger charge is 2.22. The van der Waals surface area contributed by atoms with Gasteiger partial charge in [0.2, 0.25) is 5.88 Å². The SMILES string of the molecule is COc1ncccc1C(=O)N(C)C[C@@H]1CCCCO1. The average Bonchev–Trinajstić information content (AvgIpc) is 2.47. The van der Waals surface area contributed by atoms with Crippen LogP contribution in [0.1, 0.15) is 29.6 Å². The van der Waals surface area contributed by atoms with Crippen molar-refractivity contribution >= 4 is 5.91 Å². The van der Waals surface area contributed by atoms with Crippen molar-refractivity contribution < 1.29 is 14.3 Å². The summed E-state index contributed by atoms with van der Waals surface area (Å²) in [5, 5.41) is 0. The van der Waals surface area contributed by atoms with Gasteiger partial charge in [-0.25, -0.2) is 4.98 Å². The van der Waals surface area contributed by atoms with Crippen LogP contribution in [0.2, 0.25) is 0 Å². The number of rotatable bonds is 4. The summed E-state index contributed by atoms with van der Waals surface area (Å²) in [5.74, 6) is 0.281.